The van der Waals surface area contributed by atoms with E-state index in [1.807, 2.05) is 0 Å². The van der Waals surface area contributed by atoms with Crippen LogP contribution in [-0.2, 0) is 0 Å². The maximum atomic E-state index is 4.42. The third-order valence-corrected chi connectivity index (χ3v) is 6.55. The van der Waals surface area contributed by atoms with Crippen LogP contribution >= 0.6 is 0 Å². The third-order valence-electron chi connectivity index (χ3n) is 4.25. The van der Waals surface area contributed by atoms with Crippen molar-refractivity contribution in [3.63, 3.8) is 0 Å². The lowest BCUT2D eigenvalue weighted by Gasteiger charge is -2.31. The van der Waals surface area contributed by atoms with Crippen molar-refractivity contribution in [1.82, 2.24) is 0 Å². The van der Waals surface area contributed by atoms with E-state index in [2.05, 4.69) is 68.4 Å². The van der Waals surface area contributed by atoms with E-state index < -0.39 is 8.07 Å². The quantitative estimate of drug-likeness (QED) is 0.730. The van der Waals surface area contributed by atoms with Gasteiger partial charge in [0.1, 0.15) is 0 Å². The molecule has 1 aliphatic rings. The van der Waals surface area contributed by atoms with Gasteiger partial charge in [-0.2, -0.15) is 0 Å². The fourth-order valence-corrected chi connectivity index (χ4v) is 4.44. The van der Waals surface area contributed by atoms with Crippen LogP contribution in [0.25, 0.3) is 0 Å². The van der Waals surface area contributed by atoms with Gasteiger partial charge in [0.25, 0.3) is 0 Å². The van der Waals surface area contributed by atoms with Gasteiger partial charge >= 0.3 is 0 Å². The summed E-state index contributed by atoms with van der Waals surface area (Å²) in [5.74, 6) is 0.678. The second-order valence-electron chi connectivity index (χ2n) is 6.44. The zero-order chi connectivity index (χ0) is 13.3. The van der Waals surface area contributed by atoms with Gasteiger partial charge in [0.05, 0.1) is 8.07 Å². The van der Waals surface area contributed by atoms with Gasteiger partial charge in [0, 0.05) is 18.3 Å². The predicted molar refractivity (Wildman–Crippen MR) is 83.8 cm³/mol. The first kappa shape index (κ1) is 13.4. The molecule has 0 unspecified atom stereocenters. The van der Waals surface area contributed by atoms with Gasteiger partial charge in [0.2, 0.25) is 0 Å². The minimum absolute atomic E-state index is 0.589. The Hall–Kier alpha value is -1.02. The zero-order valence-corrected chi connectivity index (χ0v) is 13.1. The predicted octanol–water partition coefficient (Wildman–Crippen LogP) is 4.34. The molecule has 0 aliphatic carbocycles. The molecule has 0 spiro atoms. The van der Waals surface area contributed by atoms with E-state index in [9.17, 15) is 0 Å². The largest absolute Gasteiger partial charge is 0.368 e. The van der Waals surface area contributed by atoms with Gasteiger partial charge < -0.3 is 4.90 Å². The maximum absolute atomic E-state index is 4.42. The Kier molecular flexibility index (Phi) is 3.67. The highest BCUT2D eigenvalue weighted by molar-refractivity contribution is 6.83. The average molecular weight is 259 g/mol. The highest BCUT2D eigenvalue weighted by atomic mass is 28.3. The molecule has 1 nitrogen and oxygen atoms in total. The number of hydrogen-bond acceptors (Lipinski definition) is 1. The van der Waals surface area contributed by atoms with Gasteiger partial charge in [-0.1, -0.05) is 43.0 Å². The standard InChI is InChI=1S/C16H25NSi/c1-13-16(14(2)18(3,4)5)11-12-17(13)15-9-7-6-8-10-15/h6-10,13,16H,2,11-12H2,1,3-5H3/t13-,16+/m0/s1. The number of rotatable bonds is 3. The molecule has 0 N–H and O–H groups in total. The fourth-order valence-electron chi connectivity index (χ4n) is 2.95. The number of para-hydroxylation sites is 1. The lowest BCUT2D eigenvalue weighted by molar-refractivity contribution is 0.590. The molecule has 2 rings (SSSR count). The first-order valence-corrected chi connectivity index (χ1v) is 10.4. The number of benzene rings is 1. The topological polar surface area (TPSA) is 3.24 Å². The van der Waals surface area contributed by atoms with Crippen LogP contribution in [0.4, 0.5) is 5.69 Å². The van der Waals surface area contributed by atoms with Gasteiger partial charge in [-0.3, -0.25) is 0 Å². The van der Waals surface area contributed by atoms with Gasteiger partial charge in [-0.25, -0.2) is 0 Å². The van der Waals surface area contributed by atoms with Crippen molar-refractivity contribution in [2.24, 2.45) is 5.92 Å². The number of hydrogen-bond donors (Lipinski definition) is 0. The molecule has 1 saturated heterocycles. The molecule has 1 aromatic rings. The molecular formula is C16H25NSi. The fraction of sp³-hybridized carbons (Fsp3) is 0.500. The van der Waals surface area contributed by atoms with Gasteiger partial charge in [0.15, 0.2) is 0 Å². The summed E-state index contributed by atoms with van der Waals surface area (Å²) in [6, 6.07) is 11.4. The molecule has 1 fully saturated rings. The molecule has 98 valence electrons. The lowest BCUT2D eigenvalue weighted by Crippen LogP contribution is -2.36. The summed E-state index contributed by atoms with van der Waals surface area (Å²) in [5.41, 5.74) is 1.36. The highest BCUT2D eigenvalue weighted by Crippen LogP contribution is 2.36. The van der Waals surface area contributed by atoms with Crippen molar-refractivity contribution in [3.05, 3.63) is 42.1 Å². The van der Waals surface area contributed by atoms with Crippen molar-refractivity contribution in [1.29, 1.82) is 0 Å². The van der Waals surface area contributed by atoms with Crippen LogP contribution in [0, 0.1) is 5.92 Å². The molecule has 0 saturated carbocycles. The smallest absolute Gasteiger partial charge is 0.0721 e. The van der Waals surface area contributed by atoms with Crippen molar-refractivity contribution >= 4 is 13.8 Å². The molecule has 1 aromatic carbocycles. The van der Waals surface area contributed by atoms with Crippen LogP contribution in [0.1, 0.15) is 13.3 Å². The number of anilines is 1. The highest BCUT2D eigenvalue weighted by Gasteiger charge is 2.36. The number of nitrogens with zero attached hydrogens (tertiary/aromatic N) is 1. The lowest BCUT2D eigenvalue weighted by atomic mass is 10.0. The van der Waals surface area contributed by atoms with Crippen LogP contribution in [0.5, 0.6) is 0 Å². The summed E-state index contributed by atoms with van der Waals surface area (Å²) in [6.45, 7) is 15.2. The van der Waals surface area contributed by atoms with E-state index in [0.29, 0.717) is 12.0 Å². The maximum Gasteiger partial charge on any atom is 0.0721 e. The summed E-state index contributed by atoms with van der Waals surface area (Å²) in [7, 11) is -1.22. The van der Waals surface area contributed by atoms with Crippen molar-refractivity contribution in [2.75, 3.05) is 11.4 Å². The summed E-state index contributed by atoms with van der Waals surface area (Å²) in [4.78, 5) is 2.54. The molecule has 1 aliphatic heterocycles. The SMILES string of the molecule is C=C([C@@H]1CCN(c2ccccc2)[C@H]1C)[Si](C)(C)C. The molecule has 0 bridgehead atoms. The Morgan fingerprint density at radius 3 is 2.39 bits per heavy atom. The molecule has 2 heteroatoms. The van der Waals surface area contributed by atoms with Crippen LogP contribution < -0.4 is 4.90 Å². The molecule has 2 atom stereocenters. The van der Waals surface area contributed by atoms with E-state index in [-0.39, 0.29) is 0 Å². The second kappa shape index (κ2) is 4.92. The average Bonchev–Trinajstić information content (AvgIpc) is 2.70. The molecular weight excluding hydrogens is 234 g/mol. The normalized spacial score (nSPS) is 24.3. The van der Waals surface area contributed by atoms with Crippen molar-refractivity contribution < 1.29 is 0 Å². The zero-order valence-electron chi connectivity index (χ0n) is 12.1. The Bertz CT molecular complexity index is 418. The Morgan fingerprint density at radius 2 is 1.83 bits per heavy atom. The van der Waals surface area contributed by atoms with Crippen LogP contribution in [0.15, 0.2) is 42.1 Å². The minimum atomic E-state index is -1.22. The monoisotopic (exact) mass is 259 g/mol. The first-order valence-electron chi connectivity index (χ1n) is 6.92. The Labute approximate surface area is 113 Å². The summed E-state index contributed by atoms with van der Waals surface area (Å²) >= 11 is 0. The van der Waals surface area contributed by atoms with Crippen LogP contribution in [0.2, 0.25) is 19.6 Å². The molecule has 0 amide bonds. The van der Waals surface area contributed by atoms with Crippen molar-refractivity contribution in [3.8, 4) is 0 Å². The minimum Gasteiger partial charge on any atom is -0.368 e. The summed E-state index contributed by atoms with van der Waals surface area (Å²) in [6.07, 6.45) is 1.26. The van der Waals surface area contributed by atoms with Crippen molar-refractivity contribution in [2.45, 2.75) is 39.0 Å². The third kappa shape index (κ3) is 2.53. The van der Waals surface area contributed by atoms with E-state index in [1.54, 1.807) is 0 Å². The van der Waals surface area contributed by atoms with Crippen LogP contribution in [0.3, 0.4) is 0 Å². The Morgan fingerprint density at radius 1 is 1.22 bits per heavy atom. The second-order valence-corrected chi connectivity index (χ2v) is 11.6. The van der Waals surface area contributed by atoms with E-state index >= 15 is 0 Å². The van der Waals surface area contributed by atoms with Gasteiger partial charge in [-0.05, 0) is 31.4 Å². The first-order chi connectivity index (χ1) is 8.41. The van der Waals surface area contributed by atoms with E-state index in [4.69, 9.17) is 0 Å². The summed E-state index contributed by atoms with van der Waals surface area (Å²) < 4.78 is 0. The molecule has 0 aromatic heterocycles. The van der Waals surface area contributed by atoms with E-state index in [1.165, 1.54) is 23.8 Å². The van der Waals surface area contributed by atoms with E-state index in [0.717, 1.165) is 0 Å². The summed E-state index contributed by atoms with van der Waals surface area (Å²) in [5, 5.41) is 1.54. The van der Waals surface area contributed by atoms with Gasteiger partial charge in [-0.15, -0.1) is 6.58 Å². The molecule has 18 heavy (non-hydrogen) atoms. The molecule has 1 heterocycles. The molecule has 0 radical (unpaired) electrons. The Balaban J connectivity index is 2.15. The van der Waals surface area contributed by atoms with Crippen LogP contribution in [-0.4, -0.2) is 20.7 Å².